The molecule has 0 radical (unpaired) electrons. The van der Waals surface area contributed by atoms with Crippen LogP contribution in [0.1, 0.15) is 0 Å². The standard InChI is InChI=1S/C10H20O4Si/c1-11-8-12-7-10-9(5-6-13-10)14-15(2,3)4/h5-6,9-10H,7-8H2,1-4H3/t9-,10+/m0/s1. The molecule has 0 fully saturated rings. The Hall–Kier alpha value is -0.363. The van der Waals surface area contributed by atoms with Crippen LogP contribution in [0, 0.1) is 0 Å². The maximum absolute atomic E-state index is 5.95. The van der Waals surface area contributed by atoms with Gasteiger partial charge in [-0.1, -0.05) is 0 Å². The molecular weight excluding hydrogens is 212 g/mol. The van der Waals surface area contributed by atoms with E-state index in [0.717, 1.165) is 0 Å². The van der Waals surface area contributed by atoms with Crippen LogP contribution < -0.4 is 0 Å². The monoisotopic (exact) mass is 232 g/mol. The molecule has 15 heavy (non-hydrogen) atoms. The lowest BCUT2D eigenvalue weighted by molar-refractivity contribution is -0.0744. The molecule has 0 aliphatic carbocycles. The van der Waals surface area contributed by atoms with Crippen LogP contribution in [0.25, 0.3) is 0 Å². The first-order valence-electron chi connectivity index (χ1n) is 5.09. The number of methoxy groups -OCH3 is 1. The highest BCUT2D eigenvalue weighted by Gasteiger charge is 2.30. The van der Waals surface area contributed by atoms with E-state index in [2.05, 4.69) is 19.6 Å². The van der Waals surface area contributed by atoms with Crippen molar-refractivity contribution in [2.24, 2.45) is 0 Å². The maximum Gasteiger partial charge on any atom is 0.184 e. The molecule has 0 aromatic carbocycles. The minimum atomic E-state index is -1.53. The fourth-order valence-electron chi connectivity index (χ4n) is 1.33. The Labute approximate surface area is 92.3 Å². The number of ether oxygens (including phenoxy) is 3. The molecule has 0 saturated heterocycles. The summed E-state index contributed by atoms with van der Waals surface area (Å²) in [6.07, 6.45) is 3.62. The highest BCUT2D eigenvalue weighted by atomic mass is 28.4. The van der Waals surface area contributed by atoms with E-state index in [1.807, 2.05) is 6.08 Å². The predicted octanol–water partition coefficient (Wildman–Crippen LogP) is 1.74. The van der Waals surface area contributed by atoms with Gasteiger partial charge in [-0.3, -0.25) is 0 Å². The summed E-state index contributed by atoms with van der Waals surface area (Å²) < 4.78 is 21.4. The van der Waals surface area contributed by atoms with Gasteiger partial charge in [0.1, 0.15) is 19.0 Å². The number of hydrogen-bond donors (Lipinski definition) is 0. The van der Waals surface area contributed by atoms with Crippen molar-refractivity contribution in [1.29, 1.82) is 0 Å². The zero-order valence-electron chi connectivity index (χ0n) is 9.86. The Bertz CT molecular complexity index is 212. The van der Waals surface area contributed by atoms with E-state index in [9.17, 15) is 0 Å². The van der Waals surface area contributed by atoms with Crippen molar-refractivity contribution in [1.82, 2.24) is 0 Å². The molecule has 1 heterocycles. The van der Waals surface area contributed by atoms with Crippen LogP contribution in [0.4, 0.5) is 0 Å². The van der Waals surface area contributed by atoms with E-state index in [1.54, 1.807) is 13.4 Å². The van der Waals surface area contributed by atoms with E-state index in [0.29, 0.717) is 13.4 Å². The van der Waals surface area contributed by atoms with Crippen molar-refractivity contribution in [3.63, 3.8) is 0 Å². The molecule has 1 rings (SSSR count). The van der Waals surface area contributed by atoms with Crippen molar-refractivity contribution in [3.8, 4) is 0 Å². The summed E-state index contributed by atoms with van der Waals surface area (Å²) in [5.41, 5.74) is 0. The lowest BCUT2D eigenvalue weighted by Crippen LogP contribution is -2.38. The fourth-order valence-corrected chi connectivity index (χ4v) is 2.38. The molecule has 2 atom stereocenters. The molecule has 5 heteroatoms. The summed E-state index contributed by atoms with van der Waals surface area (Å²) in [7, 11) is 0.0714. The van der Waals surface area contributed by atoms with Gasteiger partial charge >= 0.3 is 0 Å². The molecule has 0 amide bonds. The van der Waals surface area contributed by atoms with Crippen LogP contribution in [-0.2, 0) is 18.6 Å². The third-order valence-corrected chi connectivity index (χ3v) is 2.84. The van der Waals surface area contributed by atoms with Crippen molar-refractivity contribution in [3.05, 3.63) is 12.3 Å². The first-order chi connectivity index (χ1) is 7.03. The molecule has 1 aliphatic heterocycles. The second-order valence-electron chi connectivity index (χ2n) is 4.48. The quantitative estimate of drug-likeness (QED) is 0.397. The third kappa shape index (κ3) is 4.79. The number of hydrogen-bond acceptors (Lipinski definition) is 4. The van der Waals surface area contributed by atoms with Crippen molar-refractivity contribution >= 4 is 8.32 Å². The second-order valence-corrected chi connectivity index (χ2v) is 8.94. The summed E-state index contributed by atoms with van der Waals surface area (Å²) in [5.74, 6) is 0. The first-order valence-corrected chi connectivity index (χ1v) is 8.50. The van der Waals surface area contributed by atoms with Gasteiger partial charge < -0.3 is 18.6 Å². The van der Waals surface area contributed by atoms with Gasteiger partial charge in [0.05, 0.1) is 12.9 Å². The molecule has 0 spiro atoms. The zero-order chi connectivity index (χ0) is 11.3. The Morgan fingerprint density at radius 2 is 2.07 bits per heavy atom. The van der Waals surface area contributed by atoms with Gasteiger partial charge in [0.2, 0.25) is 0 Å². The van der Waals surface area contributed by atoms with Crippen LogP contribution in [0.3, 0.4) is 0 Å². The van der Waals surface area contributed by atoms with Gasteiger partial charge in [-0.05, 0) is 25.7 Å². The molecule has 0 bridgehead atoms. The average molecular weight is 232 g/mol. The largest absolute Gasteiger partial charge is 0.493 e. The molecule has 4 nitrogen and oxygen atoms in total. The van der Waals surface area contributed by atoms with E-state index >= 15 is 0 Å². The topological polar surface area (TPSA) is 36.9 Å². The predicted molar refractivity (Wildman–Crippen MR) is 60.1 cm³/mol. The Morgan fingerprint density at radius 1 is 1.33 bits per heavy atom. The van der Waals surface area contributed by atoms with Crippen molar-refractivity contribution < 1.29 is 18.6 Å². The van der Waals surface area contributed by atoms with Gasteiger partial charge in [-0.15, -0.1) is 0 Å². The van der Waals surface area contributed by atoms with Gasteiger partial charge in [-0.25, -0.2) is 0 Å². The van der Waals surface area contributed by atoms with E-state index in [4.69, 9.17) is 18.6 Å². The lowest BCUT2D eigenvalue weighted by Gasteiger charge is -2.26. The van der Waals surface area contributed by atoms with Crippen LogP contribution in [0.2, 0.25) is 19.6 Å². The van der Waals surface area contributed by atoms with Crippen LogP contribution in [-0.4, -0.2) is 41.0 Å². The summed E-state index contributed by atoms with van der Waals surface area (Å²) in [5, 5.41) is 0. The normalized spacial score (nSPS) is 25.6. The molecule has 0 aromatic rings. The van der Waals surface area contributed by atoms with Crippen molar-refractivity contribution in [2.75, 3.05) is 20.5 Å². The minimum absolute atomic E-state index is 0.0218. The summed E-state index contributed by atoms with van der Waals surface area (Å²) in [6.45, 7) is 7.26. The zero-order valence-corrected chi connectivity index (χ0v) is 10.9. The second kappa shape index (κ2) is 5.65. The molecule has 1 aliphatic rings. The Balaban J connectivity index is 2.32. The molecular formula is C10H20O4Si. The van der Waals surface area contributed by atoms with Gasteiger partial charge in [-0.2, -0.15) is 0 Å². The number of rotatable bonds is 6. The molecule has 88 valence electrons. The molecule has 0 aromatic heterocycles. The smallest absolute Gasteiger partial charge is 0.184 e. The van der Waals surface area contributed by atoms with Gasteiger partial charge in [0.25, 0.3) is 0 Å². The lowest BCUT2D eigenvalue weighted by atomic mass is 10.2. The molecule has 0 saturated carbocycles. The highest BCUT2D eigenvalue weighted by molar-refractivity contribution is 6.69. The van der Waals surface area contributed by atoms with E-state index in [-0.39, 0.29) is 12.2 Å². The van der Waals surface area contributed by atoms with Crippen LogP contribution in [0.15, 0.2) is 12.3 Å². The van der Waals surface area contributed by atoms with Crippen molar-refractivity contribution in [2.45, 2.75) is 31.8 Å². The van der Waals surface area contributed by atoms with E-state index < -0.39 is 8.32 Å². The first kappa shape index (κ1) is 12.7. The fraction of sp³-hybridized carbons (Fsp3) is 0.800. The summed E-state index contributed by atoms with van der Waals surface area (Å²) >= 11 is 0. The van der Waals surface area contributed by atoms with E-state index in [1.165, 1.54) is 0 Å². The summed E-state index contributed by atoms with van der Waals surface area (Å²) in [6, 6.07) is 0. The maximum atomic E-state index is 5.95. The molecule has 0 unspecified atom stereocenters. The highest BCUT2D eigenvalue weighted by Crippen LogP contribution is 2.19. The average Bonchev–Trinajstić information content (AvgIpc) is 2.50. The van der Waals surface area contributed by atoms with Gasteiger partial charge in [0.15, 0.2) is 8.32 Å². The van der Waals surface area contributed by atoms with Crippen LogP contribution in [0.5, 0.6) is 0 Å². The van der Waals surface area contributed by atoms with Crippen LogP contribution >= 0.6 is 0 Å². The summed E-state index contributed by atoms with van der Waals surface area (Å²) in [4.78, 5) is 0. The SMILES string of the molecule is COCOC[C@H]1OC=C[C@@H]1O[Si](C)(C)C. The third-order valence-electron chi connectivity index (χ3n) is 1.86. The minimum Gasteiger partial charge on any atom is -0.493 e. The molecule has 0 N–H and O–H groups in total. The Kier molecular flexibility index (Phi) is 4.78. The van der Waals surface area contributed by atoms with Gasteiger partial charge in [0, 0.05) is 7.11 Å². The Morgan fingerprint density at radius 3 is 2.67 bits per heavy atom.